The highest BCUT2D eigenvalue weighted by molar-refractivity contribution is 7.11. The summed E-state index contributed by atoms with van der Waals surface area (Å²) in [5.41, 5.74) is 1.67. The number of ketones is 1. The molecule has 2 heterocycles. The lowest BCUT2D eigenvalue weighted by molar-refractivity contribution is 0.0991. The quantitative estimate of drug-likeness (QED) is 0.768. The molecule has 0 aromatic carbocycles. The van der Waals surface area contributed by atoms with Crippen LogP contribution in [0.5, 0.6) is 0 Å². The SMILES string of the molecule is Cc1nc(CC(=O)c2ccoc2C)sc1C. The van der Waals surface area contributed by atoms with Crippen molar-refractivity contribution in [2.75, 3.05) is 0 Å². The van der Waals surface area contributed by atoms with Crippen molar-refractivity contribution in [1.82, 2.24) is 4.98 Å². The Kier molecular flexibility index (Phi) is 2.92. The largest absolute Gasteiger partial charge is 0.469 e. The predicted octanol–water partition coefficient (Wildman–Crippen LogP) is 3.09. The van der Waals surface area contributed by atoms with Gasteiger partial charge >= 0.3 is 0 Å². The third-order valence-corrected chi connectivity index (χ3v) is 3.62. The van der Waals surface area contributed by atoms with E-state index in [2.05, 4.69) is 4.98 Å². The van der Waals surface area contributed by atoms with Crippen LogP contribution in [-0.4, -0.2) is 10.8 Å². The third kappa shape index (κ3) is 2.07. The Labute approximate surface area is 98.1 Å². The van der Waals surface area contributed by atoms with Crippen LogP contribution in [0.25, 0.3) is 0 Å². The molecule has 4 heteroatoms. The Morgan fingerprint density at radius 2 is 2.19 bits per heavy atom. The molecule has 0 radical (unpaired) electrons. The first-order chi connectivity index (χ1) is 7.58. The average Bonchev–Trinajstić information content (AvgIpc) is 2.74. The summed E-state index contributed by atoms with van der Waals surface area (Å²) < 4.78 is 5.11. The summed E-state index contributed by atoms with van der Waals surface area (Å²) in [4.78, 5) is 17.5. The number of furan rings is 1. The normalized spacial score (nSPS) is 10.7. The molecule has 0 fully saturated rings. The fraction of sp³-hybridized carbons (Fsp3) is 0.333. The van der Waals surface area contributed by atoms with E-state index in [1.807, 2.05) is 13.8 Å². The van der Waals surface area contributed by atoms with E-state index in [1.54, 1.807) is 30.6 Å². The van der Waals surface area contributed by atoms with Crippen LogP contribution in [0.2, 0.25) is 0 Å². The highest BCUT2D eigenvalue weighted by Crippen LogP contribution is 2.19. The molecule has 2 rings (SSSR count). The molecule has 0 aliphatic rings. The summed E-state index contributed by atoms with van der Waals surface area (Å²) in [5.74, 6) is 0.745. The number of rotatable bonds is 3. The fourth-order valence-electron chi connectivity index (χ4n) is 1.52. The summed E-state index contributed by atoms with van der Waals surface area (Å²) in [7, 11) is 0. The Morgan fingerprint density at radius 1 is 1.44 bits per heavy atom. The second-order valence-electron chi connectivity index (χ2n) is 3.74. The van der Waals surface area contributed by atoms with Gasteiger partial charge in [0, 0.05) is 4.88 Å². The van der Waals surface area contributed by atoms with Gasteiger partial charge in [-0.1, -0.05) is 0 Å². The molecule has 0 aliphatic heterocycles. The highest BCUT2D eigenvalue weighted by Gasteiger charge is 2.14. The lowest BCUT2D eigenvalue weighted by atomic mass is 10.1. The summed E-state index contributed by atoms with van der Waals surface area (Å²) in [5, 5.41) is 0.876. The molecule has 0 amide bonds. The molecular formula is C12H13NO2S. The molecule has 0 spiro atoms. The van der Waals surface area contributed by atoms with E-state index < -0.39 is 0 Å². The van der Waals surface area contributed by atoms with Gasteiger partial charge in [0.15, 0.2) is 5.78 Å². The van der Waals surface area contributed by atoms with Gasteiger partial charge < -0.3 is 4.42 Å². The predicted molar refractivity (Wildman–Crippen MR) is 63.1 cm³/mol. The minimum atomic E-state index is 0.0694. The van der Waals surface area contributed by atoms with Gasteiger partial charge in [0.2, 0.25) is 0 Å². The number of Topliss-reactive ketones (excluding diaryl/α,β-unsaturated/α-hetero) is 1. The maximum absolute atomic E-state index is 11.9. The summed E-state index contributed by atoms with van der Waals surface area (Å²) >= 11 is 1.58. The Bertz CT molecular complexity index is 505. The van der Waals surface area contributed by atoms with Crippen molar-refractivity contribution < 1.29 is 9.21 Å². The van der Waals surface area contributed by atoms with Crippen molar-refractivity contribution in [2.45, 2.75) is 27.2 Å². The number of aromatic nitrogens is 1. The summed E-state index contributed by atoms with van der Waals surface area (Å²) in [6.07, 6.45) is 1.90. The van der Waals surface area contributed by atoms with Gasteiger partial charge in [0.05, 0.1) is 23.9 Å². The van der Waals surface area contributed by atoms with E-state index in [1.165, 1.54) is 4.88 Å². The van der Waals surface area contributed by atoms with E-state index in [4.69, 9.17) is 4.42 Å². The average molecular weight is 235 g/mol. The van der Waals surface area contributed by atoms with Gasteiger partial charge in [0.25, 0.3) is 0 Å². The van der Waals surface area contributed by atoms with Crippen LogP contribution < -0.4 is 0 Å². The molecule has 2 aromatic rings. The van der Waals surface area contributed by atoms with Crippen molar-refractivity contribution in [1.29, 1.82) is 0 Å². The minimum absolute atomic E-state index is 0.0694. The Balaban J connectivity index is 2.17. The zero-order valence-electron chi connectivity index (χ0n) is 9.53. The molecule has 0 N–H and O–H groups in total. The minimum Gasteiger partial charge on any atom is -0.469 e. The molecule has 0 saturated carbocycles. The van der Waals surface area contributed by atoms with Gasteiger partial charge in [-0.25, -0.2) is 4.98 Å². The van der Waals surface area contributed by atoms with Crippen molar-refractivity contribution in [2.24, 2.45) is 0 Å². The number of hydrogen-bond acceptors (Lipinski definition) is 4. The van der Waals surface area contributed by atoms with Gasteiger partial charge in [0.1, 0.15) is 10.8 Å². The maximum Gasteiger partial charge on any atom is 0.173 e. The first kappa shape index (κ1) is 11.1. The van der Waals surface area contributed by atoms with Crippen LogP contribution >= 0.6 is 11.3 Å². The highest BCUT2D eigenvalue weighted by atomic mass is 32.1. The lowest BCUT2D eigenvalue weighted by Crippen LogP contribution is -2.03. The van der Waals surface area contributed by atoms with Crippen molar-refractivity contribution in [3.8, 4) is 0 Å². The van der Waals surface area contributed by atoms with E-state index >= 15 is 0 Å². The monoisotopic (exact) mass is 235 g/mol. The van der Waals surface area contributed by atoms with Crippen LogP contribution in [-0.2, 0) is 6.42 Å². The Morgan fingerprint density at radius 3 is 2.69 bits per heavy atom. The summed E-state index contributed by atoms with van der Waals surface area (Å²) in [6.45, 7) is 5.78. The van der Waals surface area contributed by atoms with E-state index in [0.29, 0.717) is 17.7 Å². The van der Waals surface area contributed by atoms with Crippen molar-refractivity contribution in [3.63, 3.8) is 0 Å². The van der Waals surface area contributed by atoms with Gasteiger partial charge in [-0.15, -0.1) is 11.3 Å². The zero-order valence-corrected chi connectivity index (χ0v) is 10.4. The molecular weight excluding hydrogens is 222 g/mol. The second kappa shape index (κ2) is 4.22. The number of carbonyl (C=O) groups is 1. The zero-order chi connectivity index (χ0) is 11.7. The second-order valence-corrected chi connectivity index (χ2v) is 5.03. The topological polar surface area (TPSA) is 43.1 Å². The molecule has 0 unspecified atom stereocenters. The first-order valence-electron chi connectivity index (χ1n) is 5.08. The first-order valence-corrected chi connectivity index (χ1v) is 5.90. The Hall–Kier alpha value is -1.42. The smallest absolute Gasteiger partial charge is 0.173 e. The van der Waals surface area contributed by atoms with Crippen molar-refractivity contribution >= 4 is 17.1 Å². The molecule has 0 bridgehead atoms. The molecule has 0 aliphatic carbocycles. The van der Waals surface area contributed by atoms with E-state index in [0.717, 1.165) is 10.7 Å². The summed E-state index contributed by atoms with van der Waals surface area (Å²) in [6, 6.07) is 1.71. The van der Waals surface area contributed by atoms with Gasteiger partial charge in [-0.3, -0.25) is 4.79 Å². The van der Waals surface area contributed by atoms with Gasteiger partial charge in [-0.05, 0) is 26.8 Å². The number of carbonyl (C=O) groups excluding carboxylic acids is 1. The molecule has 2 aromatic heterocycles. The van der Waals surface area contributed by atoms with Gasteiger partial charge in [-0.2, -0.15) is 0 Å². The van der Waals surface area contributed by atoms with E-state index in [9.17, 15) is 4.79 Å². The fourth-order valence-corrected chi connectivity index (χ4v) is 2.45. The van der Waals surface area contributed by atoms with Crippen molar-refractivity contribution in [3.05, 3.63) is 39.2 Å². The van der Waals surface area contributed by atoms with Crippen LogP contribution in [0.3, 0.4) is 0 Å². The molecule has 16 heavy (non-hydrogen) atoms. The number of thiazole rings is 1. The number of nitrogens with zero attached hydrogens (tertiary/aromatic N) is 1. The number of aryl methyl sites for hydroxylation is 3. The molecule has 3 nitrogen and oxygen atoms in total. The third-order valence-electron chi connectivity index (χ3n) is 2.54. The van der Waals surface area contributed by atoms with Crippen LogP contribution in [0.1, 0.15) is 31.7 Å². The maximum atomic E-state index is 11.9. The van der Waals surface area contributed by atoms with E-state index in [-0.39, 0.29) is 5.78 Å². The molecule has 84 valence electrons. The standard InChI is InChI=1S/C12H13NO2S/c1-7-9(3)16-12(13-7)6-11(14)10-4-5-15-8(10)2/h4-5H,6H2,1-3H3. The lowest BCUT2D eigenvalue weighted by Gasteiger charge is -1.95. The molecule has 0 atom stereocenters. The van der Waals surface area contributed by atoms with Crippen LogP contribution in [0, 0.1) is 20.8 Å². The molecule has 0 saturated heterocycles. The number of hydrogen-bond donors (Lipinski definition) is 0. The van der Waals surface area contributed by atoms with Crippen LogP contribution in [0.4, 0.5) is 0 Å². The van der Waals surface area contributed by atoms with Crippen LogP contribution in [0.15, 0.2) is 16.7 Å².